The van der Waals surface area contributed by atoms with Gasteiger partial charge in [-0.3, -0.25) is 0 Å². The molecule has 8 heteroatoms. The normalized spacial score (nSPS) is 17.0. The lowest BCUT2D eigenvalue weighted by atomic mass is 10.1. The maximum Gasteiger partial charge on any atom is 0.243 e. The molecule has 0 spiro atoms. The van der Waals surface area contributed by atoms with Crippen molar-refractivity contribution < 1.29 is 13.2 Å². The number of benzene rings is 2. The van der Waals surface area contributed by atoms with E-state index in [0.29, 0.717) is 30.6 Å². The summed E-state index contributed by atoms with van der Waals surface area (Å²) in [5, 5.41) is 0.529. The van der Waals surface area contributed by atoms with Crippen LogP contribution in [0.25, 0.3) is 0 Å². The van der Waals surface area contributed by atoms with Gasteiger partial charge in [0.2, 0.25) is 10.0 Å². The van der Waals surface area contributed by atoms with Gasteiger partial charge in [-0.05, 0) is 81.4 Å². The second-order valence-electron chi connectivity index (χ2n) is 8.91. The molecule has 2 aliphatic rings. The fourth-order valence-corrected chi connectivity index (χ4v) is 5.83. The number of ether oxygens (including phenoxy) is 1. The van der Waals surface area contributed by atoms with Gasteiger partial charge in [0.15, 0.2) is 0 Å². The maximum atomic E-state index is 13.4. The second-order valence-corrected chi connectivity index (χ2v) is 11.3. The Bertz CT molecular complexity index is 975. The zero-order valence-corrected chi connectivity index (χ0v) is 21.4. The van der Waals surface area contributed by atoms with Crippen molar-refractivity contribution in [2.75, 3.05) is 32.8 Å². The SMILES string of the molecule is Cl.O=S(=O)(c1ccc(Cl)cc1)N(Cc1ccccc1OCCCN1CCCCC1)CC1CC1. The summed E-state index contributed by atoms with van der Waals surface area (Å²) < 4.78 is 34.5. The molecule has 1 aliphatic carbocycles. The van der Waals surface area contributed by atoms with Gasteiger partial charge in [0.25, 0.3) is 0 Å². The molecule has 1 aliphatic heterocycles. The molecule has 1 saturated heterocycles. The summed E-state index contributed by atoms with van der Waals surface area (Å²) >= 11 is 5.97. The van der Waals surface area contributed by atoms with Crippen LogP contribution in [0.1, 0.15) is 44.1 Å². The Labute approximate surface area is 209 Å². The summed E-state index contributed by atoms with van der Waals surface area (Å²) in [6.07, 6.45) is 7.08. The van der Waals surface area contributed by atoms with Crippen molar-refractivity contribution in [3.63, 3.8) is 0 Å². The topological polar surface area (TPSA) is 49.9 Å². The monoisotopic (exact) mass is 512 g/mol. The third kappa shape index (κ3) is 7.59. The average Bonchev–Trinajstić information content (AvgIpc) is 3.62. The smallest absolute Gasteiger partial charge is 0.243 e. The fourth-order valence-electron chi connectivity index (χ4n) is 4.21. The van der Waals surface area contributed by atoms with E-state index >= 15 is 0 Å². The first-order valence-corrected chi connectivity index (χ1v) is 13.5. The molecular formula is C25H34Cl2N2O3S. The van der Waals surface area contributed by atoms with Gasteiger partial charge in [-0.25, -0.2) is 8.42 Å². The van der Waals surface area contributed by atoms with E-state index in [1.54, 1.807) is 28.6 Å². The summed E-state index contributed by atoms with van der Waals surface area (Å²) in [4.78, 5) is 2.79. The van der Waals surface area contributed by atoms with Crippen LogP contribution >= 0.6 is 24.0 Å². The second kappa shape index (κ2) is 12.4. The molecule has 0 radical (unpaired) electrons. The number of halogens is 2. The van der Waals surface area contributed by atoms with Gasteiger partial charge in [-0.15, -0.1) is 12.4 Å². The summed E-state index contributed by atoms with van der Waals surface area (Å²) in [6.45, 7) is 4.92. The Kier molecular flexibility index (Phi) is 9.89. The van der Waals surface area contributed by atoms with Gasteiger partial charge in [0.05, 0.1) is 11.5 Å². The highest BCUT2D eigenvalue weighted by Crippen LogP contribution is 2.33. The van der Waals surface area contributed by atoms with Crippen LogP contribution in [0.4, 0.5) is 0 Å². The number of rotatable bonds is 11. The predicted molar refractivity (Wildman–Crippen MR) is 136 cm³/mol. The lowest BCUT2D eigenvalue weighted by Gasteiger charge is -2.26. The number of hydrogen-bond donors (Lipinski definition) is 0. The van der Waals surface area contributed by atoms with Crippen molar-refractivity contribution in [2.24, 2.45) is 5.92 Å². The third-order valence-corrected chi connectivity index (χ3v) is 8.33. The van der Waals surface area contributed by atoms with Crippen LogP contribution in [-0.2, 0) is 16.6 Å². The first-order valence-electron chi connectivity index (χ1n) is 11.7. The fraction of sp³-hybridized carbons (Fsp3) is 0.520. The molecule has 33 heavy (non-hydrogen) atoms. The van der Waals surface area contributed by atoms with Crippen LogP contribution in [0.15, 0.2) is 53.4 Å². The molecule has 1 saturated carbocycles. The quantitative estimate of drug-likeness (QED) is 0.366. The maximum absolute atomic E-state index is 13.4. The Morgan fingerprint density at radius 3 is 2.39 bits per heavy atom. The lowest BCUT2D eigenvalue weighted by molar-refractivity contribution is 0.204. The standard InChI is InChI=1S/C25H33ClN2O3S.ClH/c26-23-11-13-24(14-12-23)32(29,30)28(19-21-9-10-21)20-22-7-2-3-8-25(22)31-18-6-17-27-15-4-1-5-16-27;/h2-3,7-8,11-14,21H,1,4-6,9-10,15-20H2;1H. The van der Waals surface area contributed by atoms with Gasteiger partial charge >= 0.3 is 0 Å². The van der Waals surface area contributed by atoms with Crippen molar-refractivity contribution in [1.29, 1.82) is 0 Å². The van der Waals surface area contributed by atoms with Crippen molar-refractivity contribution in [1.82, 2.24) is 9.21 Å². The number of para-hydroxylation sites is 1. The van der Waals surface area contributed by atoms with E-state index < -0.39 is 10.0 Å². The van der Waals surface area contributed by atoms with Gasteiger partial charge in [0, 0.05) is 30.2 Å². The molecule has 5 nitrogen and oxygen atoms in total. The molecular weight excluding hydrogens is 479 g/mol. The minimum absolute atomic E-state index is 0. The number of piperidine rings is 1. The van der Waals surface area contributed by atoms with Crippen molar-refractivity contribution in [3.05, 3.63) is 59.1 Å². The third-order valence-electron chi connectivity index (χ3n) is 6.25. The molecule has 2 aromatic carbocycles. The van der Waals surface area contributed by atoms with Crippen LogP contribution < -0.4 is 4.74 Å². The molecule has 0 amide bonds. The molecule has 4 rings (SSSR count). The zero-order chi connectivity index (χ0) is 22.4. The highest BCUT2D eigenvalue weighted by Gasteiger charge is 2.32. The summed E-state index contributed by atoms with van der Waals surface area (Å²) in [5.74, 6) is 1.22. The van der Waals surface area contributed by atoms with Crippen LogP contribution in [0, 0.1) is 5.92 Å². The van der Waals surface area contributed by atoms with Crippen LogP contribution in [-0.4, -0.2) is 50.4 Å². The van der Waals surface area contributed by atoms with E-state index in [9.17, 15) is 8.42 Å². The highest BCUT2D eigenvalue weighted by atomic mass is 35.5. The molecule has 0 atom stereocenters. The van der Waals surface area contributed by atoms with Gasteiger partial charge in [0.1, 0.15) is 5.75 Å². The first kappa shape index (κ1) is 26.3. The van der Waals surface area contributed by atoms with E-state index in [1.807, 2.05) is 24.3 Å². The Balaban J connectivity index is 0.00000306. The van der Waals surface area contributed by atoms with Gasteiger partial charge in [-0.1, -0.05) is 36.2 Å². The first-order chi connectivity index (χ1) is 15.5. The average molecular weight is 514 g/mol. The van der Waals surface area contributed by atoms with Crippen molar-refractivity contribution in [3.8, 4) is 5.75 Å². The summed E-state index contributed by atoms with van der Waals surface area (Å²) in [5.41, 5.74) is 0.906. The van der Waals surface area contributed by atoms with Crippen LogP contribution in [0.2, 0.25) is 5.02 Å². The molecule has 0 bridgehead atoms. The lowest BCUT2D eigenvalue weighted by Crippen LogP contribution is -2.33. The van der Waals surface area contributed by atoms with Crippen LogP contribution in [0.5, 0.6) is 5.75 Å². The van der Waals surface area contributed by atoms with E-state index in [2.05, 4.69) is 4.90 Å². The number of sulfonamides is 1. The Hall–Kier alpha value is -1.31. The molecule has 2 fully saturated rings. The number of nitrogens with zero attached hydrogens (tertiary/aromatic N) is 2. The van der Waals surface area contributed by atoms with Gasteiger partial charge in [-0.2, -0.15) is 4.31 Å². The van der Waals surface area contributed by atoms with Gasteiger partial charge < -0.3 is 9.64 Å². The van der Waals surface area contributed by atoms with E-state index in [-0.39, 0.29) is 17.3 Å². The molecule has 182 valence electrons. The molecule has 2 aromatic rings. The Morgan fingerprint density at radius 1 is 1.00 bits per heavy atom. The summed E-state index contributed by atoms with van der Waals surface area (Å²) in [6, 6.07) is 14.2. The van der Waals surface area contributed by atoms with E-state index in [1.165, 1.54) is 32.4 Å². The minimum atomic E-state index is -3.62. The Morgan fingerprint density at radius 2 is 1.70 bits per heavy atom. The van der Waals surface area contributed by atoms with E-state index in [0.717, 1.165) is 37.1 Å². The molecule has 0 N–H and O–H groups in total. The molecule has 0 unspecified atom stereocenters. The van der Waals surface area contributed by atoms with Crippen LogP contribution in [0.3, 0.4) is 0 Å². The predicted octanol–water partition coefficient (Wildman–Crippen LogP) is 5.62. The largest absolute Gasteiger partial charge is 0.493 e. The summed E-state index contributed by atoms with van der Waals surface area (Å²) in [7, 11) is -3.62. The number of likely N-dealkylation sites (tertiary alicyclic amines) is 1. The van der Waals surface area contributed by atoms with E-state index in [4.69, 9.17) is 16.3 Å². The highest BCUT2D eigenvalue weighted by molar-refractivity contribution is 7.89. The molecule has 1 heterocycles. The zero-order valence-electron chi connectivity index (χ0n) is 19.0. The minimum Gasteiger partial charge on any atom is -0.493 e. The van der Waals surface area contributed by atoms with Crippen molar-refractivity contribution in [2.45, 2.75) is 50.0 Å². The van der Waals surface area contributed by atoms with Crippen molar-refractivity contribution >= 4 is 34.0 Å². The number of hydrogen-bond acceptors (Lipinski definition) is 4. The molecule has 0 aromatic heterocycles.